The molecule has 0 saturated carbocycles. The normalized spacial score (nSPS) is 13.4. The average Bonchev–Trinajstić information content (AvgIpc) is 3.23. The zero-order valence-corrected chi connectivity index (χ0v) is 21.1. The fourth-order valence-corrected chi connectivity index (χ4v) is 5.07. The fourth-order valence-electron chi connectivity index (χ4n) is 3.34. The van der Waals surface area contributed by atoms with Crippen LogP contribution in [-0.4, -0.2) is 27.3 Å². The van der Waals surface area contributed by atoms with E-state index < -0.39 is 16.1 Å². The summed E-state index contributed by atoms with van der Waals surface area (Å²) in [5.74, 6) is 0.513. The molecule has 0 aliphatic heterocycles. The Hall–Kier alpha value is -2.91. The van der Waals surface area contributed by atoms with E-state index in [9.17, 15) is 9.35 Å². The molecular formula is C26H27N3O3S2. The van der Waals surface area contributed by atoms with Crippen molar-refractivity contribution < 1.29 is 14.1 Å². The molecule has 2 atom stereocenters. The van der Waals surface area contributed by atoms with Crippen LogP contribution in [0.5, 0.6) is 5.75 Å². The van der Waals surface area contributed by atoms with Gasteiger partial charge >= 0.3 is 0 Å². The molecule has 0 spiro atoms. The third-order valence-corrected chi connectivity index (χ3v) is 7.73. The Balaban J connectivity index is 1.53. The van der Waals surface area contributed by atoms with Gasteiger partial charge in [-0.2, -0.15) is 0 Å². The van der Waals surface area contributed by atoms with E-state index >= 15 is 0 Å². The number of fused-ring (bicyclic) bond motifs is 1. The number of hydrogen-bond acceptors (Lipinski definition) is 6. The third kappa shape index (κ3) is 5.59. The average molecular weight is 494 g/mol. The molecule has 3 aromatic carbocycles. The molecule has 4 rings (SSSR count). The molecule has 4 aromatic rings. The number of carbonyl (C=O) groups is 1. The molecule has 0 aliphatic carbocycles. The summed E-state index contributed by atoms with van der Waals surface area (Å²) in [6.07, 6.45) is 0. The van der Waals surface area contributed by atoms with E-state index in [4.69, 9.17) is 4.74 Å². The summed E-state index contributed by atoms with van der Waals surface area (Å²) in [4.78, 5) is 17.3. The van der Waals surface area contributed by atoms with Crippen molar-refractivity contribution in [3.8, 4) is 5.75 Å². The molecule has 0 saturated heterocycles. The van der Waals surface area contributed by atoms with Crippen molar-refractivity contribution in [1.82, 2.24) is 9.71 Å². The van der Waals surface area contributed by atoms with Crippen LogP contribution in [0.15, 0.2) is 72.8 Å². The molecule has 1 unspecified atom stereocenters. The first-order valence-corrected chi connectivity index (χ1v) is 12.8. The maximum atomic E-state index is 12.8. The first-order valence-electron chi connectivity index (χ1n) is 10.8. The number of anilines is 1. The predicted octanol–water partition coefficient (Wildman–Crippen LogP) is 5.70. The molecule has 0 aliphatic rings. The molecule has 0 bridgehead atoms. The number of ether oxygens (including phenoxy) is 1. The largest absolute Gasteiger partial charge is 0.598 e. The lowest BCUT2D eigenvalue weighted by molar-refractivity contribution is 0.102. The summed E-state index contributed by atoms with van der Waals surface area (Å²) in [5.41, 5.74) is 3.25. The molecule has 6 nitrogen and oxygen atoms in total. The second-order valence-electron chi connectivity index (χ2n) is 8.77. The van der Waals surface area contributed by atoms with Gasteiger partial charge in [0, 0.05) is 16.9 Å². The second kappa shape index (κ2) is 10.1. The van der Waals surface area contributed by atoms with Crippen LogP contribution >= 0.6 is 11.3 Å². The highest BCUT2D eigenvalue weighted by Gasteiger charge is 2.30. The van der Waals surface area contributed by atoms with Gasteiger partial charge in [-0.1, -0.05) is 53.8 Å². The van der Waals surface area contributed by atoms with E-state index in [-0.39, 0.29) is 11.9 Å². The molecule has 1 aromatic heterocycles. The zero-order valence-electron chi connectivity index (χ0n) is 19.5. The predicted molar refractivity (Wildman–Crippen MR) is 140 cm³/mol. The molecule has 1 amide bonds. The van der Waals surface area contributed by atoms with Gasteiger partial charge in [0.15, 0.2) is 5.13 Å². The molecule has 2 N–H and O–H groups in total. The number of amides is 1. The molecule has 1 heterocycles. The zero-order chi connectivity index (χ0) is 24.3. The number of hydrogen-bond donors (Lipinski definition) is 2. The lowest BCUT2D eigenvalue weighted by atomic mass is 9.98. The molecule has 176 valence electrons. The first-order chi connectivity index (χ1) is 16.2. The number of rotatable bonds is 7. The standard InChI is InChI=1S/C26H27N3O3S2/c1-26(2,3)34(31)29-23(17-8-6-5-7-9-17)18-10-12-19(13-11-18)24(30)28-25-27-21-15-14-20(32-4)16-22(21)33-25/h5-16,23,29H,1-4H3,(H,27,28,30)/t23-,34?/m0/s1. The summed E-state index contributed by atoms with van der Waals surface area (Å²) < 4.78 is 21.9. The quantitative estimate of drug-likeness (QED) is 0.323. The van der Waals surface area contributed by atoms with Crippen molar-refractivity contribution in [1.29, 1.82) is 0 Å². The maximum Gasteiger partial charge on any atom is 0.257 e. The van der Waals surface area contributed by atoms with Gasteiger partial charge < -0.3 is 9.29 Å². The van der Waals surface area contributed by atoms with Crippen LogP contribution in [0.4, 0.5) is 5.13 Å². The minimum Gasteiger partial charge on any atom is -0.598 e. The minimum atomic E-state index is -1.26. The Bertz CT molecular complexity index is 1270. The van der Waals surface area contributed by atoms with Gasteiger partial charge in [-0.15, -0.1) is 4.72 Å². The Kier molecular flexibility index (Phi) is 7.23. The summed E-state index contributed by atoms with van der Waals surface area (Å²) in [5, 5.41) is 3.41. The van der Waals surface area contributed by atoms with Crippen LogP contribution in [0.2, 0.25) is 0 Å². The van der Waals surface area contributed by atoms with Gasteiger partial charge in [0.2, 0.25) is 0 Å². The van der Waals surface area contributed by atoms with Gasteiger partial charge in [-0.3, -0.25) is 10.1 Å². The van der Waals surface area contributed by atoms with Crippen LogP contribution in [-0.2, 0) is 11.4 Å². The van der Waals surface area contributed by atoms with E-state index in [1.165, 1.54) is 11.3 Å². The van der Waals surface area contributed by atoms with Gasteiger partial charge in [-0.25, -0.2) is 4.98 Å². The van der Waals surface area contributed by atoms with Gasteiger partial charge in [0.25, 0.3) is 5.91 Å². The molecular weight excluding hydrogens is 466 g/mol. The van der Waals surface area contributed by atoms with Crippen molar-refractivity contribution in [2.24, 2.45) is 0 Å². The Morgan fingerprint density at radius 1 is 1.03 bits per heavy atom. The Labute approximate surface area is 206 Å². The molecule has 8 heteroatoms. The maximum absolute atomic E-state index is 12.8. The highest BCUT2D eigenvalue weighted by Crippen LogP contribution is 2.30. The van der Waals surface area contributed by atoms with Crippen LogP contribution in [0.1, 0.15) is 48.3 Å². The highest BCUT2D eigenvalue weighted by atomic mass is 32.2. The third-order valence-electron chi connectivity index (χ3n) is 5.24. The van der Waals surface area contributed by atoms with Crippen LogP contribution in [0.25, 0.3) is 10.2 Å². The van der Waals surface area contributed by atoms with Crippen LogP contribution in [0.3, 0.4) is 0 Å². The summed E-state index contributed by atoms with van der Waals surface area (Å²) in [7, 11) is 1.62. The van der Waals surface area contributed by atoms with E-state index in [1.54, 1.807) is 19.2 Å². The smallest absolute Gasteiger partial charge is 0.257 e. The number of nitrogens with zero attached hydrogens (tertiary/aromatic N) is 1. The molecule has 0 fully saturated rings. The van der Waals surface area contributed by atoms with Crippen LogP contribution in [0, 0.1) is 0 Å². The van der Waals surface area contributed by atoms with Gasteiger partial charge in [-0.05, 0) is 62.2 Å². The summed E-state index contributed by atoms with van der Waals surface area (Å²) in [6, 6.07) is 22.5. The second-order valence-corrected chi connectivity index (χ2v) is 11.8. The van der Waals surface area contributed by atoms with E-state index in [0.717, 1.165) is 27.1 Å². The number of thiazole rings is 1. The number of benzene rings is 3. The van der Waals surface area contributed by atoms with E-state index in [2.05, 4.69) is 15.0 Å². The van der Waals surface area contributed by atoms with Crippen molar-refractivity contribution >= 4 is 44.0 Å². The van der Waals surface area contributed by atoms with Gasteiger partial charge in [0.1, 0.15) is 16.5 Å². The minimum absolute atomic E-state index is 0.236. The van der Waals surface area contributed by atoms with E-state index in [0.29, 0.717) is 10.7 Å². The lowest BCUT2D eigenvalue weighted by Gasteiger charge is -2.28. The fraction of sp³-hybridized carbons (Fsp3) is 0.231. The van der Waals surface area contributed by atoms with Crippen LogP contribution < -0.4 is 14.8 Å². The van der Waals surface area contributed by atoms with Crippen molar-refractivity contribution in [3.63, 3.8) is 0 Å². The Morgan fingerprint density at radius 2 is 1.71 bits per heavy atom. The topological polar surface area (TPSA) is 86.3 Å². The molecule has 34 heavy (non-hydrogen) atoms. The number of aromatic nitrogens is 1. The summed E-state index contributed by atoms with van der Waals surface area (Å²) in [6.45, 7) is 5.80. The van der Waals surface area contributed by atoms with Crippen molar-refractivity contribution in [3.05, 3.63) is 89.5 Å². The van der Waals surface area contributed by atoms with Crippen molar-refractivity contribution in [2.45, 2.75) is 31.6 Å². The SMILES string of the molecule is COc1ccc2nc(NC(=O)c3ccc([C@@H](N[S+]([O-])C(C)(C)C)c4ccccc4)cc3)sc2c1. The lowest BCUT2D eigenvalue weighted by Crippen LogP contribution is -2.41. The van der Waals surface area contributed by atoms with Gasteiger partial charge in [0.05, 0.1) is 17.3 Å². The first kappa shape index (κ1) is 24.2. The number of methoxy groups -OCH3 is 1. The number of nitrogens with one attached hydrogen (secondary N) is 2. The van der Waals surface area contributed by atoms with Crippen molar-refractivity contribution in [2.75, 3.05) is 12.4 Å². The van der Waals surface area contributed by atoms with E-state index in [1.807, 2.05) is 81.4 Å². The monoisotopic (exact) mass is 493 g/mol. The Morgan fingerprint density at radius 3 is 2.35 bits per heavy atom. The highest BCUT2D eigenvalue weighted by molar-refractivity contribution is 7.90. The number of carbonyl (C=O) groups excluding carboxylic acids is 1. The summed E-state index contributed by atoms with van der Waals surface area (Å²) >= 11 is 0.133. The molecule has 0 radical (unpaired) electrons.